The molecule has 3 N–H and O–H groups in total. The van der Waals surface area contributed by atoms with Gasteiger partial charge in [-0.2, -0.15) is 0 Å². The maximum atomic E-state index is 14.3. The highest BCUT2D eigenvalue weighted by atomic mass is 16.6. The molecule has 0 saturated heterocycles. The number of hydrogen-bond donors (Lipinski definition) is 2. The Kier molecular flexibility index (Phi) is 5.49. The average molecular weight is 526 g/mol. The summed E-state index contributed by atoms with van der Waals surface area (Å²) in [5.74, 6) is -2.62. The van der Waals surface area contributed by atoms with Gasteiger partial charge in [-0.3, -0.25) is 19.7 Å². The van der Waals surface area contributed by atoms with E-state index in [4.69, 9.17) is 15.2 Å². The molecule has 2 heterocycles. The molecule has 1 spiro atoms. The molecule has 0 saturated carbocycles. The number of fused-ring (bicyclic) bond motifs is 4. The summed E-state index contributed by atoms with van der Waals surface area (Å²) >= 11 is 0. The summed E-state index contributed by atoms with van der Waals surface area (Å²) in [6.45, 7) is 2.06. The van der Waals surface area contributed by atoms with Crippen molar-refractivity contribution in [3.63, 3.8) is 0 Å². The number of benzene rings is 3. The molecule has 3 aliphatic rings. The van der Waals surface area contributed by atoms with Crippen LogP contribution in [0.3, 0.4) is 0 Å². The molecule has 0 bridgehead atoms. The summed E-state index contributed by atoms with van der Waals surface area (Å²) in [6, 6.07) is 14.4. The molecule has 196 valence electrons. The van der Waals surface area contributed by atoms with Gasteiger partial charge in [-0.1, -0.05) is 56.2 Å². The van der Waals surface area contributed by atoms with E-state index in [1.54, 1.807) is 24.3 Å². The molecular weight excluding hydrogens is 502 g/mol. The minimum absolute atomic E-state index is 0.0267. The minimum Gasteiger partial charge on any atom is -0.462 e. The molecule has 2 aliphatic heterocycles. The van der Waals surface area contributed by atoms with E-state index in [0.717, 1.165) is 18.2 Å². The molecule has 1 amide bonds. The van der Waals surface area contributed by atoms with Gasteiger partial charge >= 0.3 is 5.97 Å². The minimum atomic E-state index is -2.13. The summed E-state index contributed by atoms with van der Waals surface area (Å²) in [5, 5.41) is 15.8. The van der Waals surface area contributed by atoms with Gasteiger partial charge in [-0.15, -0.1) is 0 Å². The van der Waals surface area contributed by atoms with Crippen molar-refractivity contribution in [3.05, 3.63) is 98.4 Å². The SMILES string of the molecule is CCCCCOC(=O)C1=C(N)OC2=C(C(=O)c3cccc4cccc2c34)C12C(=O)Nc1ccc([N+](=O)[O-])cc12. The summed E-state index contributed by atoms with van der Waals surface area (Å²) in [7, 11) is 0. The first-order valence-corrected chi connectivity index (χ1v) is 12.6. The van der Waals surface area contributed by atoms with Gasteiger partial charge in [0.15, 0.2) is 5.78 Å². The number of nitrogens with one attached hydrogen (secondary N) is 1. The van der Waals surface area contributed by atoms with Crippen molar-refractivity contribution >= 4 is 45.6 Å². The van der Waals surface area contributed by atoms with Crippen LogP contribution in [0.5, 0.6) is 0 Å². The van der Waals surface area contributed by atoms with Gasteiger partial charge < -0.3 is 20.5 Å². The van der Waals surface area contributed by atoms with Crippen molar-refractivity contribution in [2.24, 2.45) is 5.73 Å². The zero-order valence-electron chi connectivity index (χ0n) is 20.9. The fourth-order valence-electron chi connectivity index (χ4n) is 5.75. The van der Waals surface area contributed by atoms with E-state index in [-0.39, 0.29) is 40.5 Å². The Morgan fingerprint density at radius 2 is 1.85 bits per heavy atom. The number of anilines is 1. The number of nitrogens with two attached hydrogens (primary N) is 1. The van der Waals surface area contributed by atoms with Gasteiger partial charge in [-0.25, -0.2) is 4.79 Å². The maximum Gasteiger partial charge on any atom is 0.341 e. The topological polar surface area (TPSA) is 151 Å². The fraction of sp³-hybridized carbons (Fsp3) is 0.207. The number of nitro groups is 1. The number of ketones is 1. The van der Waals surface area contributed by atoms with E-state index >= 15 is 0 Å². The molecule has 1 unspecified atom stereocenters. The number of Topliss-reactive ketones (excluding diaryl/α,β-unsaturated/α-hetero) is 1. The third kappa shape index (κ3) is 3.30. The van der Waals surface area contributed by atoms with Crippen LogP contribution in [0.2, 0.25) is 0 Å². The number of rotatable bonds is 6. The Hall–Kier alpha value is -4.99. The highest BCUT2D eigenvalue weighted by Crippen LogP contribution is 2.57. The van der Waals surface area contributed by atoms with E-state index in [9.17, 15) is 24.5 Å². The normalized spacial score (nSPS) is 19.1. The number of carbonyl (C=O) groups excluding carboxylic acids is 3. The van der Waals surface area contributed by atoms with E-state index < -0.39 is 33.9 Å². The molecule has 10 heteroatoms. The van der Waals surface area contributed by atoms with E-state index in [0.29, 0.717) is 22.9 Å². The number of amides is 1. The van der Waals surface area contributed by atoms with Crippen LogP contribution in [0.4, 0.5) is 11.4 Å². The first-order valence-electron chi connectivity index (χ1n) is 12.6. The molecule has 1 atom stereocenters. The average Bonchev–Trinajstić information content (AvgIpc) is 3.20. The van der Waals surface area contributed by atoms with Crippen LogP contribution in [0.25, 0.3) is 16.5 Å². The summed E-state index contributed by atoms with van der Waals surface area (Å²) in [4.78, 5) is 53.1. The Balaban J connectivity index is 1.66. The first kappa shape index (κ1) is 24.4. The maximum absolute atomic E-state index is 14.3. The van der Waals surface area contributed by atoms with Crippen LogP contribution in [0.1, 0.15) is 47.7 Å². The lowest BCUT2D eigenvalue weighted by atomic mass is 9.64. The third-order valence-electron chi connectivity index (χ3n) is 7.45. The largest absolute Gasteiger partial charge is 0.462 e. The zero-order chi connectivity index (χ0) is 27.5. The second kappa shape index (κ2) is 8.80. The number of unbranched alkanes of at least 4 members (excludes halogenated alkanes) is 2. The monoisotopic (exact) mass is 525 g/mol. The predicted molar refractivity (Wildman–Crippen MR) is 141 cm³/mol. The molecular formula is C29H23N3O7. The second-order valence-electron chi connectivity index (χ2n) is 9.62. The lowest BCUT2D eigenvalue weighted by molar-refractivity contribution is -0.384. The molecule has 1 aliphatic carbocycles. The van der Waals surface area contributed by atoms with Gasteiger partial charge in [0, 0.05) is 39.9 Å². The number of nitro benzene ring substituents is 1. The van der Waals surface area contributed by atoms with Crippen molar-refractivity contribution in [2.75, 3.05) is 11.9 Å². The molecule has 3 aromatic carbocycles. The van der Waals surface area contributed by atoms with Crippen LogP contribution >= 0.6 is 0 Å². The Morgan fingerprint density at radius 1 is 1.10 bits per heavy atom. The highest BCUT2D eigenvalue weighted by molar-refractivity contribution is 6.32. The standard InChI is InChI=1S/C29H23N3O7/c1-2-3-4-13-38-27(34)23-26(30)39-25-18-10-6-8-15-7-5-9-17(21(15)18)24(33)22(25)29(23)19-14-16(32(36)37)11-12-20(19)31-28(29)35/h5-12,14H,2-4,13,30H2,1H3,(H,31,35). The molecule has 0 aromatic heterocycles. The lowest BCUT2D eigenvalue weighted by Gasteiger charge is -2.38. The van der Waals surface area contributed by atoms with Crippen LogP contribution < -0.4 is 11.1 Å². The molecule has 39 heavy (non-hydrogen) atoms. The van der Waals surface area contributed by atoms with Crippen molar-refractivity contribution in [3.8, 4) is 0 Å². The van der Waals surface area contributed by atoms with Crippen LogP contribution in [-0.2, 0) is 24.5 Å². The van der Waals surface area contributed by atoms with Gasteiger partial charge in [0.2, 0.25) is 11.8 Å². The van der Waals surface area contributed by atoms with E-state index in [2.05, 4.69) is 5.32 Å². The van der Waals surface area contributed by atoms with E-state index in [1.807, 2.05) is 19.1 Å². The summed E-state index contributed by atoms with van der Waals surface area (Å²) in [5.41, 5.74) is 4.51. The number of nitrogens with zero attached hydrogens (tertiary/aromatic N) is 1. The first-order chi connectivity index (χ1) is 18.8. The van der Waals surface area contributed by atoms with Crippen LogP contribution in [0, 0.1) is 10.1 Å². The molecule has 6 rings (SSSR count). The zero-order valence-corrected chi connectivity index (χ0v) is 20.9. The summed E-state index contributed by atoms with van der Waals surface area (Å²) < 4.78 is 11.5. The van der Waals surface area contributed by atoms with Gasteiger partial charge in [0.05, 0.1) is 17.1 Å². The third-order valence-corrected chi connectivity index (χ3v) is 7.45. The molecule has 10 nitrogen and oxygen atoms in total. The number of ether oxygens (including phenoxy) is 2. The fourth-order valence-corrected chi connectivity index (χ4v) is 5.75. The second-order valence-corrected chi connectivity index (χ2v) is 9.62. The molecule has 0 radical (unpaired) electrons. The highest BCUT2D eigenvalue weighted by Gasteiger charge is 2.63. The quantitative estimate of drug-likeness (QED) is 0.207. The number of carbonyl (C=O) groups is 3. The molecule has 0 fully saturated rings. The lowest BCUT2D eigenvalue weighted by Crippen LogP contribution is -2.48. The van der Waals surface area contributed by atoms with Crippen molar-refractivity contribution in [1.29, 1.82) is 0 Å². The van der Waals surface area contributed by atoms with Gasteiger partial charge in [-0.05, 0) is 17.9 Å². The Bertz CT molecular complexity index is 1700. The number of non-ortho nitro benzene ring substituents is 1. The van der Waals surface area contributed by atoms with E-state index in [1.165, 1.54) is 18.2 Å². The molecule has 3 aromatic rings. The van der Waals surface area contributed by atoms with Crippen molar-refractivity contribution in [2.45, 2.75) is 31.6 Å². The Labute approximate surface area is 222 Å². The number of hydrogen-bond acceptors (Lipinski definition) is 8. The van der Waals surface area contributed by atoms with Gasteiger partial charge in [0.1, 0.15) is 16.7 Å². The number of esters is 1. The van der Waals surface area contributed by atoms with Crippen LogP contribution in [-0.4, -0.2) is 29.2 Å². The van der Waals surface area contributed by atoms with Crippen molar-refractivity contribution < 1.29 is 28.8 Å². The van der Waals surface area contributed by atoms with Crippen LogP contribution in [0.15, 0.2) is 71.6 Å². The Morgan fingerprint density at radius 3 is 2.56 bits per heavy atom. The summed E-state index contributed by atoms with van der Waals surface area (Å²) in [6.07, 6.45) is 2.29. The van der Waals surface area contributed by atoms with Gasteiger partial charge in [0.25, 0.3) is 5.69 Å². The van der Waals surface area contributed by atoms with Crippen molar-refractivity contribution in [1.82, 2.24) is 0 Å². The predicted octanol–water partition coefficient (Wildman–Crippen LogP) is 4.48. The smallest absolute Gasteiger partial charge is 0.341 e.